The summed E-state index contributed by atoms with van der Waals surface area (Å²) >= 11 is 1.59. The second-order valence-electron chi connectivity index (χ2n) is 5.44. The van der Waals surface area contributed by atoms with Gasteiger partial charge in [-0.15, -0.1) is 11.8 Å². The van der Waals surface area contributed by atoms with Crippen LogP contribution in [0.3, 0.4) is 0 Å². The maximum Gasteiger partial charge on any atom is 0.408 e. The average Bonchev–Trinajstić information content (AvgIpc) is 2.76. The lowest BCUT2D eigenvalue weighted by molar-refractivity contribution is -0.142. The summed E-state index contributed by atoms with van der Waals surface area (Å²) in [7, 11) is 0. The van der Waals surface area contributed by atoms with Gasteiger partial charge in [-0.05, 0) is 20.8 Å². The van der Waals surface area contributed by atoms with E-state index in [9.17, 15) is 14.4 Å². The van der Waals surface area contributed by atoms with Gasteiger partial charge in [0.05, 0.1) is 12.3 Å². The van der Waals surface area contributed by atoms with E-state index in [-0.39, 0.29) is 5.91 Å². The van der Waals surface area contributed by atoms with Crippen molar-refractivity contribution in [2.45, 2.75) is 38.8 Å². The standard InChI is InChI=1S/C12H20N2O5S/c1-12(2,3)19-11(18)13-8(6-9(15)16)10(17)14-4-5-20-7-14/h8H,4-7H2,1-3H3,(H,13,18)(H,15,16). The summed E-state index contributed by atoms with van der Waals surface area (Å²) in [5.41, 5.74) is -0.704. The maximum atomic E-state index is 12.2. The number of thioether (sulfide) groups is 1. The number of carboxylic acid groups (broad SMARTS) is 1. The third-order valence-electron chi connectivity index (χ3n) is 2.43. The highest BCUT2D eigenvalue weighted by Gasteiger charge is 2.31. The molecule has 1 fully saturated rings. The molecule has 1 aliphatic heterocycles. The minimum absolute atomic E-state index is 0.386. The van der Waals surface area contributed by atoms with Crippen LogP contribution in [-0.2, 0) is 14.3 Å². The summed E-state index contributed by atoms with van der Waals surface area (Å²) in [4.78, 5) is 36.2. The highest BCUT2D eigenvalue weighted by atomic mass is 32.2. The Balaban J connectivity index is 2.66. The van der Waals surface area contributed by atoms with Crippen LogP contribution < -0.4 is 5.32 Å². The zero-order chi connectivity index (χ0) is 15.3. The van der Waals surface area contributed by atoms with E-state index in [0.717, 1.165) is 5.75 Å². The summed E-state index contributed by atoms with van der Waals surface area (Å²) in [6.45, 7) is 5.64. The van der Waals surface area contributed by atoms with Gasteiger partial charge in [0.15, 0.2) is 0 Å². The minimum atomic E-state index is -1.15. The predicted molar refractivity (Wildman–Crippen MR) is 74.4 cm³/mol. The number of carbonyl (C=O) groups excluding carboxylic acids is 2. The van der Waals surface area contributed by atoms with Crippen molar-refractivity contribution in [3.63, 3.8) is 0 Å². The van der Waals surface area contributed by atoms with Crippen molar-refractivity contribution >= 4 is 29.7 Å². The quantitative estimate of drug-likeness (QED) is 0.800. The fourth-order valence-corrected chi connectivity index (χ4v) is 2.59. The summed E-state index contributed by atoms with van der Waals surface area (Å²) < 4.78 is 5.04. The van der Waals surface area contributed by atoms with Crippen LogP contribution in [0.5, 0.6) is 0 Å². The van der Waals surface area contributed by atoms with E-state index >= 15 is 0 Å². The molecule has 114 valence electrons. The first-order chi connectivity index (χ1) is 9.19. The van der Waals surface area contributed by atoms with Gasteiger partial charge in [-0.2, -0.15) is 0 Å². The second-order valence-corrected chi connectivity index (χ2v) is 6.51. The fourth-order valence-electron chi connectivity index (χ4n) is 1.63. The average molecular weight is 304 g/mol. The van der Waals surface area contributed by atoms with E-state index in [4.69, 9.17) is 9.84 Å². The zero-order valence-corrected chi connectivity index (χ0v) is 12.7. The Hall–Kier alpha value is -1.44. The van der Waals surface area contributed by atoms with Crippen molar-refractivity contribution in [2.75, 3.05) is 18.2 Å². The van der Waals surface area contributed by atoms with Gasteiger partial charge < -0.3 is 20.1 Å². The molecule has 0 aromatic heterocycles. The number of nitrogens with one attached hydrogen (secondary N) is 1. The van der Waals surface area contributed by atoms with E-state index in [2.05, 4.69) is 5.32 Å². The monoisotopic (exact) mass is 304 g/mol. The summed E-state index contributed by atoms with van der Waals surface area (Å²) in [5, 5.41) is 11.2. The summed E-state index contributed by atoms with van der Waals surface area (Å²) in [6, 6.07) is -1.10. The molecular formula is C12H20N2O5S. The molecular weight excluding hydrogens is 284 g/mol. The number of rotatable bonds is 4. The zero-order valence-electron chi connectivity index (χ0n) is 11.8. The molecule has 1 aliphatic rings. The number of carbonyl (C=O) groups is 3. The summed E-state index contributed by atoms with van der Waals surface area (Å²) in [5.74, 6) is -0.197. The Labute approximate surface area is 122 Å². The number of carboxylic acids is 1. The first-order valence-corrected chi connectivity index (χ1v) is 7.42. The molecule has 1 atom stereocenters. The van der Waals surface area contributed by atoms with E-state index in [1.165, 1.54) is 4.90 Å². The number of ether oxygens (including phenoxy) is 1. The molecule has 1 saturated heterocycles. The van der Waals surface area contributed by atoms with Crippen molar-refractivity contribution in [1.29, 1.82) is 0 Å². The third kappa shape index (κ3) is 5.68. The molecule has 0 bridgehead atoms. The first kappa shape index (κ1) is 16.6. The van der Waals surface area contributed by atoms with Crippen molar-refractivity contribution < 1.29 is 24.2 Å². The van der Waals surface area contributed by atoms with Crippen molar-refractivity contribution in [3.05, 3.63) is 0 Å². The Morgan fingerprint density at radius 2 is 2.05 bits per heavy atom. The number of alkyl carbamates (subject to hydrolysis) is 1. The van der Waals surface area contributed by atoms with Gasteiger partial charge in [0.1, 0.15) is 11.6 Å². The van der Waals surface area contributed by atoms with E-state index in [1.807, 2.05) is 0 Å². The fraction of sp³-hybridized carbons (Fsp3) is 0.750. The van der Waals surface area contributed by atoms with Crippen LogP contribution in [0.1, 0.15) is 27.2 Å². The van der Waals surface area contributed by atoms with Gasteiger partial charge in [-0.25, -0.2) is 4.79 Å². The Kier molecular flexibility index (Phi) is 5.67. The van der Waals surface area contributed by atoms with Gasteiger partial charge in [0, 0.05) is 12.3 Å². The SMILES string of the molecule is CC(C)(C)OC(=O)NC(CC(=O)O)C(=O)N1CCSC1. The van der Waals surface area contributed by atoms with Crippen LogP contribution in [0.4, 0.5) is 4.79 Å². The molecule has 20 heavy (non-hydrogen) atoms. The van der Waals surface area contributed by atoms with Gasteiger partial charge >= 0.3 is 12.1 Å². The molecule has 2 N–H and O–H groups in total. The van der Waals surface area contributed by atoms with Crippen LogP contribution in [0, 0.1) is 0 Å². The molecule has 0 aromatic rings. The van der Waals surface area contributed by atoms with Crippen molar-refractivity contribution in [3.8, 4) is 0 Å². The Bertz CT molecular complexity index is 388. The maximum absolute atomic E-state index is 12.2. The molecule has 2 amide bonds. The first-order valence-electron chi connectivity index (χ1n) is 6.27. The lowest BCUT2D eigenvalue weighted by atomic mass is 10.2. The van der Waals surface area contributed by atoms with E-state index < -0.39 is 30.1 Å². The number of nitrogens with zero attached hydrogens (tertiary/aromatic N) is 1. The Morgan fingerprint density at radius 3 is 2.50 bits per heavy atom. The molecule has 0 spiro atoms. The Morgan fingerprint density at radius 1 is 1.40 bits per heavy atom. The van der Waals surface area contributed by atoms with Crippen LogP contribution >= 0.6 is 11.8 Å². The van der Waals surface area contributed by atoms with Gasteiger partial charge in [-0.1, -0.05) is 0 Å². The lowest BCUT2D eigenvalue weighted by Crippen LogP contribution is -2.49. The largest absolute Gasteiger partial charge is 0.481 e. The molecule has 0 aromatic carbocycles. The van der Waals surface area contributed by atoms with E-state index in [0.29, 0.717) is 12.4 Å². The predicted octanol–water partition coefficient (Wildman–Crippen LogP) is 0.887. The highest BCUT2D eigenvalue weighted by molar-refractivity contribution is 7.99. The lowest BCUT2D eigenvalue weighted by Gasteiger charge is -2.25. The van der Waals surface area contributed by atoms with Crippen LogP contribution in [-0.4, -0.2) is 57.8 Å². The van der Waals surface area contributed by atoms with Crippen LogP contribution in [0.15, 0.2) is 0 Å². The molecule has 0 saturated carbocycles. The van der Waals surface area contributed by atoms with Crippen molar-refractivity contribution in [2.24, 2.45) is 0 Å². The minimum Gasteiger partial charge on any atom is -0.481 e. The van der Waals surface area contributed by atoms with Gasteiger partial charge in [0.2, 0.25) is 5.91 Å². The molecule has 7 nitrogen and oxygen atoms in total. The normalized spacial score (nSPS) is 16.6. The molecule has 0 aliphatic carbocycles. The van der Waals surface area contributed by atoms with Crippen LogP contribution in [0.2, 0.25) is 0 Å². The van der Waals surface area contributed by atoms with E-state index in [1.54, 1.807) is 32.5 Å². The molecule has 0 radical (unpaired) electrons. The van der Waals surface area contributed by atoms with Gasteiger partial charge in [0.25, 0.3) is 0 Å². The van der Waals surface area contributed by atoms with Crippen LogP contribution in [0.25, 0.3) is 0 Å². The second kappa shape index (κ2) is 6.83. The highest BCUT2D eigenvalue weighted by Crippen LogP contribution is 2.15. The topological polar surface area (TPSA) is 95.9 Å². The van der Waals surface area contributed by atoms with Gasteiger partial charge in [-0.3, -0.25) is 9.59 Å². The van der Waals surface area contributed by atoms with Crippen molar-refractivity contribution in [1.82, 2.24) is 10.2 Å². The molecule has 1 heterocycles. The molecule has 1 unspecified atom stereocenters. The molecule has 1 rings (SSSR count). The number of aliphatic carboxylic acids is 1. The smallest absolute Gasteiger partial charge is 0.408 e. The number of hydrogen-bond donors (Lipinski definition) is 2. The third-order valence-corrected chi connectivity index (χ3v) is 3.40. The summed E-state index contributed by atoms with van der Waals surface area (Å²) in [6.07, 6.45) is -1.25. The number of hydrogen-bond acceptors (Lipinski definition) is 5. The molecule has 8 heteroatoms. The number of amides is 2.